The molecule has 4 saturated carbocycles. The summed E-state index contributed by atoms with van der Waals surface area (Å²) in [6.07, 6.45) is 8.67. The van der Waals surface area contributed by atoms with Crippen LogP contribution in [-0.2, 0) is 14.3 Å². The summed E-state index contributed by atoms with van der Waals surface area (Å²) >= 11 is 0. The smallest absolute Gasteiger partial charge is 0.302 e. The van der Waals surface area contributed by atoms with Crippen LogP contribution in [0.5, 0.6) is 0 Å². The van der Waals surface area contributed by atoms with Crippen molar-refractivity contribution in [3.05, 3.63) is 0 Å². The van der Waals surface area contributed by atoms with Crippen molar-refractivity contribution in [3.63, 3.8) is 0 Å². The van der Waals surface area contributed by atoms with E-state index in [0.29, 0.717) is 17.8 Å². The summed E-state index contributed by atoms with van der Waals surface area (Å²) in [7, 11) is 0. The standard InChI is InChI=1S/C32H54O5/c1-19(33)36-21-18-23-29(6)14-12-24(34)27(2,3)22(29)11-16-30(23,7)31(8)15-10-20(26(21)31)32(9)17-13-25(37-32)28(4,5)35/h20-26,34-35H,10-18H2,1-9H3/t20-,21+,22-,23+,24-,25+,26-,29-,30+,31+,32-/m0/s1. The minimum absolute atomic E-state index is 0.0497. The average molecular weight is 519 g/mol. The van der Waals surface area contributed by atoms with Gasteiger partial charge in [-0.15, -0.1) is 0 Å². The second-order valence-electron chi connectivity index (χ2n) is 16.0. The highest BCUT2D eigenvalue weighted by Crippen LogP contribution is 2.76. The van der Waals surface area contributed by atoms with Gasteiger partial charge in [-0.2, -0.15) is 0 Å². The third-order valence-corrected chi connectivity index (χ3v) is 13.5. The van der Waals surface area contributed by atoms with Crippen molar-refractivity contribution in [3.8, 4) is 0 Å². The zero-order valence-electron chi connectivity index (χ0n) is 25.0. The first-order valence-electron chi connectivity index (χ1n) is 15.2. The van der Waals surface area contributed by atoms with Crippen molar-refractivity contribution in [1.82, 2.24) is 0 Å². The molecule has 37 heavy (non-hydrogen) atoms. The number of fused-ring (bicyclic) bond motifs is 5. The van der Waals surface area contributed by atoms with Gasteiger partial charge in [-0.05, 0) is 118 Å². The number of rotatable bonds is 3. The molecular weight excluding hydrogens is 464 g/mol. The van der Waals surface area contributed by atoms with Crippen LogP contribution in [0.25, 0.3) is 0 Å². The molecule has 0 spiro atoms. The third-order valence-electron chi connectivity index (χ3n) is 13.5. The SMILES string of the molecule is CC(=O)O[C@@H]1C[C@@H]2[C@@]3(C)CC[C@H](O)C(C)(C)[C@@H]3CC[C@@]2(C)[C@]2(C)CC[C@H]([C@]3(C)CC[C@H](C(C)(C)O)O3)[C@@H]12. The molecule has 0 bridgehead atoms. The summed E-state index contributed by atoms with van der Waals surface area (Å²) in [4.78, 5) is 12.5. The fourth-order valence-corrected chi connectivity index (χ4v) is 11.4. The first-order chi connectivity index (χ1) is 16.9. The zero-order valence-corrected chi connectivity index (χ0v) is 25.0. The lowest BCUT2D eigenvalue weighted by Crippen LogP contribution is -2.67. The molecule has 2 N–H and O–H groups in total. The highest BCUT2D eigenvalue weighted by Gasteiger charge is 2.72. The van der Waals surface area contributed by atoms with E-state index in [1.807, 2.05) is 13.8 Å². The number of esters is 1. The predicted octanol–water partition coefficient (Wildman–Crippen LogP) is 6.28. The number of carbonyl (C=O) groups excluding carboxylic acids is 1. The van der Waals surface area contributed by atoms with E-state index in [4.69, 9.17) is 9.47 Å². The fraction of sp³-hybridized carbons (Fsp3) is 0.969. The summed E-state index contributed by atoms with van der Waals surface area (Å²) in [6, 6.07) is 0. The number of aliphatic hydroxyl groups is 2. The predicted molar refractivity (Wildman–Crippen MR) is 145 cm³/mol. The van der Waals surface area contributed by atoms with Gasteiger partial charge in [-0.1, -0.05) is 34.6 Å². The van der Waals surface area contributed by atoms with Crippen LogP contribution in [0.15, 0.2) is 0 Å². The maximum Gasteiger partial charge on any atom is 0.302 e. The quantitative estimate of drug-likeness (QED) is 0.430. The minimum Gasteiger partial charge on any atom is -0.462 e. The van der Waals surface area contributed by atoms with Gasteiger partial charge in [0.15, 0.2) is 0 Å². The Balaban J connectivity index is 1.54. The van der Waals surface area contributed by atoms with Gasteiger partial charge in [-0.3, -0.25) is 4.79 Å². The first kappa shape index (κ1) is 27.9. The summed E-state index contributed by atoms with van der Waals surface area (Å²) in [6.45, 7) is 19.7. The van der Waals surface area contributed by atoms with Crippen molar-refractivity contribution in [2.45, 2.75) is 150 Å². The van der Waals surface area contributed by atoms with Crippen LogP contribution in [0.1, 0.15) is 120 Å². The minimum atomic E-state index is -0.857. The lowest BCUT2D eigenvalue weighted by Gasteiger charge is -2.70. The van der Waals surface area contributed by atoms with E-state index in [1.165, 1.54) is 6.42 Å². The van der Waals surface area contributed by atoms with Gasteiger partial charge in [0.1, 0.15) is 6.10 Å². The van der Waals surface area contributed by atoms with Crippen LogP contribution in [0, 0.1) is 45.3 Å². The normalized spacial score (nSPS) is 53.2. The molecular formula is C32H54O5. The van der Waals surface area contributed by atoms with Gasteiger partial charge in [-0.25, -0.2) is 0 Å². The molecule has 0 aromatic rings. The van der Waals surface area contributed by atoms with Crippen LogP contribution in [0.3, 0.4) is 0 Å². The zero-order chi connectivity index (χ0) is 27.4. The molecule has 11 atom stereocenters. The molecule has 0 amide bonds. The number of hydrogen-bond acceptors (Lipinski definition) is 5. The molecule has 0 radical (unpaired) electrons. The maximum absolute atomic E-state index is 12.5. The monoisotopic (exact) mass is 518 g/mol. The summed E-state index contributed by atoms with van der Waals surface area (Å²) in [5, 5.41) is 21.7. The number of ether oxygens (including phenoxy) is 2. The maximum atomic E-state index is 12.5. The highest BCUT2D eigenvalue weighted by atomic mass is 16.5. The Labute approximate surface area is 225 Å². The third kappa shape index (κ3) is 3.83. The number of hydrogen-bond donors (Lipinski definition) is 2. The molecule has 4 aliphatic carbocycles. The molecule has 1 heterocycles. The lowest BCUT2D eigenvalue weighted by atomic mass is 9.35. The Morgan fingerprint density at radius 3 is 2.14 bits per heavy atom. The fourth-order valence-electron chi connectivity index (χ4n) is 11.4. The van der Waals surface area contributed by atoms with Crippen LogP contribution in [0.4, 0.5) is 0 Å². The Kier molecular flexibility index (Phi) is 6.35. The van der Waals surface area contributed by atoms with E-state index in [9.17, 15) is 15.0 Å². The molecule has 5 fully saturated rings. The van der Waals surface area contributed by atoms with Crippen molar-refractivity contribution >= 4 is 5.97 Å². The highest BCUT2D eigenvalue weighted by molar-refractivity contribution is 5.66. The Bertz CT molecular complexity index is 923. The van der Waals surface area contributed by atoms with E-state index < -0.39 is 5.60 Å². The van der Waals surface area contributed by atoms with Crippen LogP contribution in [0.2, 0.25) is 0 Å². The number of carbonyl (C=O) groups is 1. The second kappa shape index (κ2) is 8.43. The van der Waals surface area contributed by atoms with Crippen LogP contribution in [-0.4, -0.2) is 45.7 Å². The molecule has 0 unspecified atom stereocenters. The lowest BCUT2D eigenvalue weighted by molar-refractivity contribution is -0.252. The molecule has 5 nitrogen and oxygen atoms in total. The molecule has 5 heteroatoms. The van der Waals surface area contributed by atoms with Crippen LogP contribution >= 0.6 is 0 Å². The Morgan fingerprint density at radius 1 is 0.892 bits per heavy atom. The van der Waals surface area contributed by atoms with Crippen molar-refractivity contribution < 1.29 is 24.5 Å². The van der Waals surface area contributed by atoms with Gasteiger partial charge in [0, 0.05) is 12.8 Å². The molecule has 5 aliphatic rings. The molecule has 1 aliphatic heterocycles. The van der Waals surface area contributed by atoms with E-state index in [1.54, 1.807) is 6.92 Å². The first-order valence-corrected chi connectivity index (χ1v) is 15.2. The molecule has 0 aromatic carbocycles. The van der Waals surface area contributed by atoms with E-state index in [-0.39, 0.29) is 57.5 Å². The van der Waals surface area contributed by atoms with Crippen LogP contribution < -0.4 is 0 Å². The van der Waals surface area contributed by atoms with Crippen molar-refractivity contribution in [2.24, 2.45) is 45.3 Å². The van der Waals surface area contributed by atoms with E-state index in [0.717, 1.165) is 51.4 Å². The summed E-state index contributed by atoms with van der Waals surface area (Å²) in [5.41, 5.74) is -0.944. The summed E-state index contributed by atoms with van der Waals surface area (Å²) < 4.78 is 13.0. The van der Waals surface area contributed by atoms with Gasteiger partial charge in [0.2, 0.25) is 0 Å². The van der Waals surface area contributed by atoms with Crippen molar-refractivity contribution in [1.29, 1.82) is 0 Å². The second-order valence-corrected chi connectivity index (χ2v) is 16.0. The molecule has 1 saturated heterocycles. The molecule has 212 valence electrons. The van der Waals surface area contributed by atoms with Gasteiger partial charge in [0.05, 0.1) is 23.4 Å². The Morgan fingerprint density at radius 2 is 1.54 bits per heavy atom. The molecule has 0 aromatic heterocycles. The average Bonchev–Trinajstić information content (AvgIpc) is 3.35. The largest absolute Gasteiger partial charge is 0.462 e. The molecule has 5 rings (SSSR count). The Hall–Kier alpha value is -0.650. The van der Waals surface area contributed by atoms with Gasteiger partial charge < -0.3 is 19.7 Å². The van der Waals surface area contributed by atoms with Gasteiger partial charge in [0.25, 0.3) is 0 Å². The summed E-state index contributed by atoms with van der Waals surface area (Å²) in [5.74, 6) is 1.31. The van der Waals surface area contributed by atoms with E-state index >= 15 is 0 Å². The van der Waals surface area contributed by atoms with E-state index in [2.05, 4.69) is 41.5 Å². The van der Waals surface area contributed by atoms with Crippen molar-refractivity contribution in [2.75, 3.05) is 0 Å². The number of aliphatic hydroxyl groups excluding tert-OH is 1. The van der Waals surface area contributed by atoms with Gasteiger partial charge >= 0.3 is 5.97 Å². The topological polar surface area (TPSA) is 76.0 Å².